The van der Waals surface area contributed by atoms with Crippen molar-refractivity contribution in [2.45, 2.75) is 69.1 Å². The molecule has 19 nitrogen and oxygen atoms in total. The third-order valence-corrected chi connectivity index (χ3v) is 5.19. The number of primary amides is 1. The van der Waals surface area contributed by atoms with E-state index in [1.165, 1.54) is 0 Å². The van der Waals surface area contributed by atoms with Crippen molar-refractivity contribution in [1.29, 1.82) is 0 Å². The monoisotopic (exact) mass is 573 g/mol. The molecule has 0 aliphatic heterocycles. The lowest BCUT2D eigenvalue weighted by molar-refractivity contribution is -0.147. The number of carboxylic acids is 2. The minimum Gasteiger partial charge on any atom is -0.481 e. The molecule has 0 aliphatic carbocycles. The van der Waals surface area contributed by atoms with Crippen LogP contribution in [-0.2, 0) is 28.8 Å². The Labute approximate surface area is 229 Å². The highest BCUT2D eigenvalue weighted by atomic mass is 16.4. The first kappa shape index (κ1) is 35.3. The number of hydrogen-bond donors (Lipinski definition) is 11. The lowest BCUT2D eigenvalue weighted by Gasteiger charge is -2.25. The van der Waals surface area contributed by atoms with Gasteiger partial charge in [0.2, 0.25) is 23.6 Å². The Hall–Kier alpha value is -4.68. The van der Waals surface area contributed by atoms with Crippen LogP contribution in [-0.4, -0.2) is 95.0 Å². The fraction of sp³-hybridized carbons (Fsp3) is 0.619. The number of carboxylic acid groups (broad SMARTS) is 2. The SMILES string of the molecule is NC(=O)CCC(NC(=O)C(CCCN=C(N)N)NC(=O)C(N)CCCN=C(N)N)C(=O)NC(CC(=O)O)C(=O)O. The lowest BCUT2D eigenvalue weighted by atomic mass is 10.1. The molecule has 40 heavy (non-hydrogen) atoms. The number of carbonyl (C=O) groups is 6. The molecule has 0 aliphatic rings. The van der Waals surface area contributed by atoms with Crippen LogP contribution in [0, 0.1) is 0 Å². The van der Waals surface area contributed by atoms with E-state index in [9.17, 15) is 33.9 Å². The number of nitrogens with zero attached hydrogens (tertiary/aromatic N) is 2. The van der Waals surface area contributed by atoms with Crippen LogP contribution < -0.4 is 50.4 Å². The molecular weight excluding hydrogens is 534 g/mol. The van der Waals surface area contributed by atoms with Crippen molar-refractivity contribution < 1.29 is 39.0 Å². The summed E-state index contributed by atoms with van der Waals surface area (Å²) in [6.45, 7) is 0.329. The molecule has 226 valence electrons. The lowest BCUT2D eigenvalue weighted by Crippen LogP contribution is -2.57. The maximum Gasteiger partial charge on any atom is 0.326 e. The van der Waals surface area contributed by atoms with Crippen LogP contribution in [0.15, 0.2) is 9.98 Å². The predicted octanol–water partition coefficient (Wildman–Crippen LogP) is -5.30. The molecule has 0 radical (unpaired) electrons. The molecule has 17 N–H and O–H groups in total. The molecular formula is C21H39N11O8. The summed E-state index contributed by atoms with van der Waals surface area (Å²) in [5.74, 6) is -6.91. The molecule has 0 heterocycles. The average Bonchev–Trinajstić information content (AvgIpc) is 2.84. The Balaban J connectivity index is 5.67. The second-order valence-corrected chi connectivity index (χ2v) is 8.63. The molecule has 4 atom stereocenters. The summed E-state index contributed by atoms with van der Waals surface area (Å²) < 4.78 is 0. The first-order chi connectivity index (χ1) is 18.6. The first-order valence-electron chi connectivity index (χ1n) is 12.1. The van der Waals surface area contributed by atoms with Crippen LogP contribution in [0.1, 0.15) is 44.9 Å². The highest BCUT2D eigenvalue weighted by Crippen LogP contribution is 2.06. The molecule has 4 unspecified atom stereocenters. The predicted molar refractivity (Wildman–Crippen MR) is 142 cm³/mol. The van der Waals surface area contributed by atoms with Crippen molar-refractivity contribution in [2.24, 2.45) is 44.4 Å². The molecule has 19 heteroatoms. The van der Waals surface area contributed by atoms with Crippen LogP contribution in [0.5, 0.6) is 0 Å². The number of carbonyl (C=O) groups excluding carboxylic acids is 4. The number of aliphatic carboxylic acids is 2. The summed E-state index contributed by atoms with van der Waals surface area (Å²) in [5, 5.41) is 24.9. The van der Waals surface area contributed by atoms with Gasteiger partial charge in [0, 0.05) is 19.5 Å². The van der Waals surface area contributed by atoms with Crippen molar-refractivity contribution in [3.63, 3.8) is 0 Å². The summed E-state index contributed by atoms with van der Waals surface area (Å²) in [7, 11) is 0. The second kappa shape index (κ2) is 18.6. The van der Waals surface area contributed by atoms with Gasteiger partial charge in [-0.2, -0.15) is 0 Å². The molecule has 0 fully saturated rings. The van der Waals surface area contributed by atoms with Gasteiger partial charge in [0.1, 0.15) is 18.1 Å². The maximum atomic E-state index is 13.1. The van der Waals surface area contributed by atoms with Crippen LogP contribution in [0.4, 0.5) is 0 Å². The van der Waals surface area contributed by atoms with Crippen molar-refractivity contribution in [3.05, 3.63) is 0 Å². The molecule has 0 saturated carbocycles. The van der Waals surface area contributed by atoms with Gasteiger partial charge in [-0.3, -0.25) is 34.0 Å². The Morgan fingerprint density at radius 2 is 1.10 bits per heavy atom. The van der Waals surface area contributed by atoms with Crippen molar-refractivity contribution in [3.8, 4) is 0 Å². The highest BCUT2D eigenvalue weighted by molar-refractivity contribution is 5.95. The highest BCUT2D eigenvalue weighted by Gasteiger charge is 2.31. The summed E-state index contributed by atoms with van der Waals surface area (Å²) in [6, 6.07) is -5.60. The Kier molecular flexibility index (Phi) is 16.4. The minimum absolute atomic E-state index is 0.00397. The van der Waals surface area contributed by atoms with Crippen LogP contribution in [0.2, 0.25) is 0 Å². The number of rotatable bonds is 20. The number of amides is 4. The van der Waals surface area contributed by atoms with E-state index in [4.69, 9.17) is 39.5 Å². The Morgan fingerprint density at radius 1 is 0.650 bits per heavy atom. The molecule has 0 bridgehead atoms. The van der Waals surface area contributed by atoms with Gasteiger partial charge in [-0.15, -0.1) is 0 Å². The van der Waals surface area contributed by atoms with E-state index in [0.717, 1.165) is 0 Å². The fourth-order valence-corrected chi connectivity index (χ4v) is 3.18. The molecule has 0 rings (SSSR count). The van der Waals surface area contributed by atoms with Gasteiger partial charge < -0.3 is 60.6 Å². The average molecular weight is 574 g/mol. The summed E-state index contributed by atoms with van der Waals surface area (Å²) in [6.07, 6.45) is -0.909. The van der Waals surface area contributed by atoms with Crippen LogP contribution >= 0.6 is 0 Å². The topological polar surface area (TPSA) is 360 Å². The smallest absolute Gasteiger partial charge is 0.326 e. The molecule has 0 aromatic rings. The van der Waals surface area contributed by atoms with Crippen molar-refractivity contribution in [1.82, 2.24) is 16.0 Å². The van der Waals surface area contributed by atoms with E-state index >= 15 is 0 Å². The van der Waals surface area contributed by atoms with Crippen LogP contribution in [0.25, 0.3) is 0 Å². The van der Waals surface area contributed by atoms with Gasteiger partial charge in [-0.05, 0) is 32.1 Å². The number of nitrogens with one attached hydrogen (secondary N) is 3. The summed E-state index contributed by atoms with van der Waals surface area (Å²) in [5.41, 5.74) is 32.1. The van der Waals surface area contributed by atoms with Gasteiger partial charge in [0.05, 0.1) is 12.5 Å². The standard InChI is InChI=1S/C21H39N11O8/c22-10(3-1-7-28-20(24)25)16(36)30-11(4-2-8-29-21(26)27)17(37)31-12(5-6-14(23)33)18(38)32-13(19(39)40)9-15(34)35/h10-13H,1-9,22H2,(H2,23,33)(H,30,36)(H,31,37)(H,32,38)(H,34,35)(H,39,40)(H4,24,25,28)(H4,26,27,29). The number of nitrogens with two attached hydrogens (primary N) is 6. The number of aliphatic imine (C=N–C) groups is 2. The van der Waals surface area contributed by atoms with Crippen molar-refractivity contribution in [2.75, 3.05) is 13.1 Å². The van der Waals surface area contributed by atoms with Gasteiger partial charge >= 0.3 is 11.9 Å². The third-order valence-electron chi connectivity index (χ3n) is 5.19. The first-order valence-corrected chi connectivity index (χ1v) is 12.1. The van der Waals surface area contributed by atoms with E-state index in [1.54, 1.807) is 0 Å². The summed E-state index contributed by atoms with van der Waals surface area (Å²) in [4.78, 5) is 79.7. The zero-order valence-electron chi connectivity index (χ0n) is 21.9. The number of guanidine groups is 2. The molecule has 0 aromatic heterocycles. The van der Waals surface area contributed by atoms with E-state index < -0.39 is 66.2 Å². The van der Waals surface area contributed by atoms with E-state index in [1.807, 2.05) is 5.32 Å². The summed E-state index contributed by atoms with van der Waals surface area (Å²) >= 11 is 0. The van der Waals surface area contributed by atoms with Gasteiger partial charge in [-0.25, -0.2) is 4.79 Å². The Morgan fingerprint density at radius 3 is 1.55 bits per heavy atom. The van der Waals surface area contributed by atoms with E-state index in [-0.39, 0.29) is 57.1 Å². The van der Waals surface area contributed by atoms with Gasteiger partial charge in [0.25, 0.3) is 0 Å². The third kappa shape index (κ3) is 16.2. The van der Waals surface area contributed by atoms with E-state index in [0.29, 0.717) is 6.42 Å². The Bertz CT molecular complexity index is 964. The quantitative estimate of drug-likeness (QED) is 0.0368. The zero-order chi connectivity index (χ0) is 30.8. The molecule has 0 saturated heterocycles. The fourth-order valence-electron chi connectivity index (χ4n) is 3.18. The largest absolute Gasteiger partial charge is 0.481 e. The zero-order valence-corrected chi connectivity index (χ0v) is 21.9. The second-order valence-electron chi connectivity index (χ2n) is 8.63. The minimum atomic E-state index is -1.81. The van der Waals surface area contributed by atoms with Crippen LogP contribution in [0.3, 0.4) is 0 Å². The van der Waals surface area contributed by atoms with Crippen molar-refractivity contribution >= 4 is 47.5 Å². The normalized spacial score (nSPS) is 13.4. The molecule has 0 spiro atoms. The molecule has 4 amide bonds. The maximum absolute atomic E-state index is 13.1. The van der Waals surface area contributed by atoms with Gasteiger partial charge in [-0.1, -0.05) is 0 Å². The van der Waals surface area contributed by atoms with E-state index in [2.05, 4.69) is 20.6 Å². The molecule has 0 aromatic carbocycles. The number of hydrogen-bond acceptors (Lipinski definition) is 9. The van der Waals surface area contributed by atoms with Gasteiger partial charge in [0.15, 0.2) is 11.9 Å².